The second-order valence-corrected chi connectivity index (χ2v) is 8.55. The Labute approximate surface area is 175 Å². The Kier molecular flexibility index (Phi) is 4.08. The Morgan fingerprint density at radius 2 is 1.97 bits per heavy atom. The average Bonchev–Trinajstić information content (AvgIpc) is 3.34. The van der Waals surface area contributed by atoms with Crippen LogP contribution in [0.2, 0.25) is 0 Å². The van der Waals surface area contributed by atoms with Crippen molar-refractivity contribution in [3.8, 4) is 5.82 Å². The summed E-state index contributed by atoms with van der Waals surface area (Å²) in [5, 5.41) is 0.997. The molecule has 0 radical (unpaired) electrons. The molecule has 1 aliphatic heterocycles. The lowest BCUT2D eigenvalue weighted by Crippen LogP contribution is -2.43. The minimum absolute atomic E-state index is 0.172. The van der Waals surface area contributed by atoms with Crippen LogP contribution >= 0.6 is 0 Å². The molecule has 30 heavy (non-hydrogen) atoms. The van der Waals surface area contributed by atoms with Crippen LogP contribution in [-0.2, 0) is 0 Å². The van der Waals surface area contributed by atoms with Crippen molar-refractivity contribution in [1.29, 1.82) is 0 Å². The zero-order valence-electron chi connectivity index (χ0n) is 16.9. The van der Waals surface area contributed by atoms with Crippen molar-refractivity contribution < 1.29 is 4.79 Å². The van der Waals surface area contributed by atoms with Gasteiger partial charge in [-0.15, -0.1) is 0 Å². The van der Waals surface area contributed by atoms with Gasteiger partial charge in [-0.25, -0.2) is 4.98 Å². The van der Waals surface area contributed by atoms with E-state index in [0.717, 1.165) is 60.9 Å². The summed E-state index contributed by atoms with van der Waals surface area (Å²) in [6, 6.07) is 14.6. The predicted octanol–water partition coefficient (Wildman–Crippen LogP) is 4.56. The largest absolute Gasteiger partial charge is 0.332 e. The molecule has 3 aliphatic rings. The van der Waals surface area contributed by atoms with Crippen LogP contribution in [0.4, 0.5) is 0 Å². The Morgan fingerprint density at radius 3 is 2.80 bits per heavy atom. The smallest absolute Gasteiger partial charge is 0.255 e. The predicted molar refractivity (Wildman–Crippen MR) is 118 cm³/mol. The molecule has 1 aromatic carbocycles. The number of hydrogen-bond acceptors (Lipinski definition) is 3. The van der Waals surface area contributed by atoms with Crippen LogP contribution in [0.1, 0.15) is 42.5 Å². The van der Waals surface area contributed by atoms with Crippen molar-refractivity contribution in [2.45, 2.75) is 44.2 Å². The van der Waals surface area contributed by atoms with E-state index in [1.165, 1.54) is 11.1 Å². The summed E-state index contributed by atoms with van der Waals surface area (Å²) in [7, 11) is 0. The van der Waals surface area contributed by atoms with Crippen molar-refractivity contribution in [1.82, 2.24) is 14.5 Å². The van der Waals surface area contributed by atoms with E-state index in [1.807, 2.05) is 48.8 Å². The van der Waals surface area contributed by atoms with Gasteiger partial charge in [0.1, 0.15) is 5.82 Å². The van der Waals surface area contributed by atoms with Crippen molar-refractivity contribution >= 4 is 23.0 Å². The molecular formula is C25H24N4O. The van der Waals surface area contributed by atoms with Gasteiger partial charge in [0.2, 0.25) is 0 Å². The third-order valence-electron chi connectivity index (χ3n) is 6.65. The highest BCUT2D eigenvalue weighted by Gasteiger charge is 2.40. The normalized spacial score (nSPS) is 20.6. The molecule has 0 bridgehead atoms. The fraction of sp³-hybridized carbons (Fsp3) is 0.320. The van der Waals surface area contributed by atoms with Crippen LogP contribution in [0.5, 0.6) is 0 Å². The Morgan fingerprint density at radius 1 is 1.03 bits per heavy atom. The molecule has 1 atom stereocenters. The van der Waals surface area contributed by atoms with Crippen molar-refractivity contribution in [2.75, 3.05) is 6.54 Å². The number of pyridine rings is 1. The number of benzene rings is 1. The van der Waals surface area contributed by atoms with Crippen LogP contribution in [0, 0.1) is 0 Å². The number of hydrogen-bond donors (Lipinski definition) is 0. The zero-order chi connectivity index (χ0) is 20.1. The van der Waals surface area contributed by atoms with Crippen LogP contribution in [0.15, 0.2) is 71.0 Å². The number of carbonyl (C=O) groups is 1. The number of carbonyl (C=O) groups excluding carboxylic acids is 1. The molecule has 3 heterocycles. The molecule has 2 aliphatic carbocycles. The van der Waals surface area contributed by atoms with E-state index in [1.54, 1.807) is 6.20 Å². The van der Waals surface area contributed by atoms with Crippen molar-refractivity contribution in [3.05, 3.63) is 71.6 Å². The molecule has 6 rings (SSSR count). The molecule has 1 amide bonds. The minimum Gasteiger partial charge on any atom is -0.332 e. The Balaban J connectivity index is 1.37. The first-order valence-electron chi connectivity index (χ1n) is 10.8. The number of rotatable bonds is 4. The molecule has 2 aromatic heterocycles. The number of nitrogens with zero attached hydrogens (tertiary/aromatic N) is 4. The molecule has 3 aromatic rings. The average molecular weight is 396 g/mol. The first-order chi connectivity index (χ1) is 14.8. The maximum Gasteiger partial charge on any atom is 0.255 e. The quantitative estimate of drug-likeness (QED) is 0.649. The Bertz CT molecular complexity index is 1190. The number of fused-ring (bicyclic) bond motifs is 1. The lowest BCUT2D eigenvalue weighted by molar-refractivity contribution is 0.0647. The van der Waals surface area contributed by atoms with Gasteiger partial charge in [-0.05, 0) is 73.6 Å². The van der Waals surface area contributed by atoms with Crippen LogP contribution in [0.25, 0.3) is 16.7 Å². The van der Waals surface area contributed by atoms with Crippen molar-refractivity contribution in [3.63, 3.8) is 0 Å². The maximum absolute atomic E-state index is 13.8. The molecule has 150 valence electrons. The van der Waals surface area contributed by atoms with Crippen LogP contribution in [-0.4, -0.2) is 45.2 Å². The molecule has 0 spiro atoms. The molecule has 5 nitrogen and oxygen atoms in total. The van der Waals surface area contributed by atoms with E-state index in [-0.39, 0.29) is 11.9 Å². The highest BCUT2D eigenvalue weighted by atomic mass is 16.2. The lowest BCUT2D eigenvalue weighted by Gasteiger charge is -2.35. The Hall–Kier alpha value is -3.21. The summed E-state index contributed by atoms with van der Waals surface area (Å²) in [6.45, 7) is 0.861. The fourth-order valence-corrected chi connectivity index (χ4v) is 5.00. The van der Waals surface area contributed by atoms with Gasteiger partial charge in [-0.1, -0.05) is 12.1 Å². The summed E-state index contributed by atoms with van der Waals surface area (Å²) in [4.78, 5) is 24.9. The van der Waals surface area contributed by atoms with E-state index in [2.05, 4.69) is 25.5 Å². The second kappa shape index (κ2) is 6.94. The highest BCUT2D eigenvalue weighted by Crippen LogP contribution is 2.38. The van der Waals surface area contributed by atoms with Gasteiger partial charge in [-0.3, -0.25) is 9.79 Å². The summed E-state index contributed by atoms with van der Waals surface area (Å²) in [6.07, 6.45) is 11.1. The van der Waals surface area contributed by atoms with Crippen LogP contribution < -0.4 is 0 Å². The zero-order valence-corrected chi connectivity index (χ0v) is 16.9. The van der Waals surface area contributed by atoms with E-state index in [4.69, 9.17) is 0 Å². The minimum atomic E-state index is 0.172. The molecular weight excluding hydrogens is 372 g/mol. The topological polar surface area (TPSA) is 50.5 Å². The SMILES string of the molecule is O=C(c1cccc2c1ccn2-c1ccccn1)N(C1CC1)C1CCC2=C(C=NC2)C1. The summed E-state index contributed by atoms with van der Waals surface area (Å²) in [5.41, 5.74) is 4.66. The van der Waals surface area contributed by atoms with Gasteiger partial charge >= 0.3 is 0 Å². The summed E-state index contributed by atoms with van der Waals surface area (Å²) < 4.78 is 2.06. The maximum atomic E-state index is 13.8. The van der Waals surface area contributed by atoms with Gasteiger partial charge in [0.05, 0.1) is 12.1 Å². The summed E-state index contributed by atoms with van der Waals surface area (Å²) >= 11 is 0. The van der Waals surface area contributed by atoms with Gasteiger partial charge in [0.15, 0.2) is 0 Å². The fourth-order valence-electron chi connectivity index (χ4n) is 5.00. The lowest BCUT2D eigenvalue weighted by atomic mass is 9.88. The van der Waals surface area contributed by atoms with E-state index < -0.39 is 0 Å². The van der Waals surface area contributed by atoms with Gasteiger partial charge in [0.25, 0.3) is 5.91 Å². The van der Waals surface area contributed by atoms with Gasteiger partial charge in [0, 0.05) is 41.6 Å². The monoisotopic (exact) mass is 396 g/mol. The first-order valence-corrected chi connectivity index (χ1v) is 10.8. The first kappa shape index (κ1) is 17.6. The van der Waals surface area contributed by atoms with E-state index >= 15 is 0 Å². The number of aromatic nitrogens is 2. The van der Waals surface area contributed by atoms with Gasteiger partial charge < -0.3 is 9.47 Å². The molecule has 1 saturated carbocycles. The third kappa shape index (κ3) is 2.88. The van der Waals surface area contributed by atoms with Gasteiger partial charge in [-0.2, -0.15) is 0 Å². The highest BCUT2D eigenvalue weighted by molar-refractivity contribution is 6.07. The van der Waals surface area contributed by atoms with Crippen LogP contribution in [0.3, 0.4) is 0 Å². The molecule has 5 heteroatoms. The molecule has 0 saturated heterocycles. The second-order valence-electron chi connectivity index (χ2n) is 8.55. The molecule has 1 fully saturated rings. The standard InChI is InChI=1S/C25H24N4O/c30-25(29(19-9-10-19)20-8-7-17-15-26-16-18(17)14-20)22-4-3-5-23-21(22)11-13-28(23)24-6-1-2-12-27-24/h1-6,11-13,16,19-20H,7-10,14-15H2. The third-order valence-corrected chi connectivity index (χ3v) is 6.65. The number of amides is 1. The molecule has 1 unspecified atom stereocenters. The molecule has 0 N–H and O–H groups in total. The van der Waals surface area contributed by atoms with Crippen molar-refractivity contribution in [2.24, 2.45) is 4.99 Å². The van der Waals surface area contributed by atoms with E-state index in [0.29, 0.717) is 6.04 Å². The number of aliphatic imine (C=N–C) groups is 1. The van der Waals surface area contributed by atoms with E-state index in [9.17, 15) is 4.79 Å². The summed E-state index contributed by atoms with van der Waals surface area (Å²) in [5.74, 6) is 1.04.